The van der Waals surface area contributed by atoms with Crippen LogP contribution >= 0.6 is 0 Å². The second-order valence-corrected chi connectivity index (χ2v) is 3.14. The number of ether oxygens (including phenoxy) is 2. The van der Waals surface area contributed by atoms with Gasteiger partial charge in [0.2, 0.25) is 0 Å². The number of hydrogen-bond donors (Lipinski definition) is 0. The van der Waals surface area contributed by atoms with Gasteiger partial charge in [0, 0.05) is 6.61 Å². The quantitative estimate of drug-likeness (QED) is 0.479. The Morgan fingerprint density at radius 2 is 1.92 bits per heavy atom. The average Bonchev–Trinajstić information content (AvgIpc) is 2.26. The molecule has 7 heteroatoms. The molecule has 1 fully saturated rings. The zero-order chi connectivity index (χ0) is 8.82. The van der Waals surface area contributed by atoms with Crippen molar-refractivity contribution < 1.29 is 73.8 Å². The Bertz CT molecular complexity index is 237. The summed E-state index contributed by atoms with van der Waals surface area (Å²) in [6.07, 6.45) is 1.16. The van der Waals surface area contributed by atoms with E-state index in [-0.39, 0.29) is 71.2 Å². The van der Waals surface area contributed by atoms with E-state index in [2.05, 4.69) is 0 Å². The molecule has 0 aliphatic carbocycles. The van der Waals surface area contributed by atoms with Crippen LogP contribution in [0.25, 0.3) is 0 Å². The molecule has 0 bridgehead atoms. The first-order chi connectivity index (χ1) is 5.52. The van der Waals surface area contributed by atoms with E-state index in [4.69, 9.17) is 9.47 Å². The van der Waals surface area contributed by atoms with Gasteiger partial charge in [-0.3, -0.25) is 0 Å². The third-order valence-electron chi connectivity index (χ3n) is 2.09. The summed E-state index contributed by atoms with van der Waals surface area (Å²) in [5.41, 5.74) is -1.27. The van der Waals surface area contributed by atoms with Crippen LogP contribution in [0.4, 0.5) is 12.9 Å². The molecule has 2 heterocycles. The first-order valence-corrected chi connectivity index (χ1v) is 3.65. The predicted molar refractivity (Wildman–Crippen MR) is 36.7 cm³/mol. The molecule has 0 atom stereocenters. The summed E-state index contributed by atoms with van der Waals surface area (Å²) in [6.45, 7) is -4.67. The van der Waals surface area contributed by atoms with Crippen LogP contribution in [0.15, 0.2) is 11.5 Å². The minimum absolute atomic E-state index is 0. The minimum Gasteiger partial charge on any atom is -0.445 e. The molecule has 68 valence electrons. The van der Waals surface area contributed by atoms with Crippen molar-refractivity contribution in [3.05, 3.63) is 11.5 Å². The van der Waals surface area contributed by atoms with Crippen LogP contribution in [0.1, 0.15) is 0 Å². The fraction of sp³-hybridized carbons (Fsp3) is 0.667. The topological polar surface area (TPSA) is 18.5 Å². The molecule has 0 aromatic carbocycles. The first kappa shape index (κ1) is 12.2. The Morgan fingerprint density at radius 1 is 1.31 bits per heavy atom. The van der Waals surface area contributed by atoms with Gasteiger partial charge in [-0.2, -0.15) is 0 Å². The molecular formula is C6H7BF3KO2. The zero-order valence-corrected chi connectivity index (χ0v) is 10.3. The monoisotopic (exact) mass is 218 g/mol. The van der Waals surface area contributed by atoms with Gasteiger partial charge in [-0.1, -0.05) is 6.08 Å². The van der Waals surface area contributed by atoms with Crippen molar-refractivity contribution in [3.8, 4) is 0 Å². The molecule has 1 spiro atoms. The smallest absolute Gasteiger partial charge is 0.445 e. The van der Waals surface area contributed by atoms with Crippen molar-refractivity contribution in [2.24, 2.45) is 0 Å². The van der Waals surface area contributed by atoms with Gasteiger partial charge in [0.15, 0.2) is 0 Å². The second-order valence-electron chi connectivity index (χ2n) is 3.14. The fourth-order valence-corrected chi connectivity index (χ4v) is 1.31. The molecule has 1 saturated heterocycles. The van der Waals surface area contributed by atoms with E-state index in [1.54, 1.807) is 0 Å². The van der Waals surface area contributed by atoms with Crippen LogP contribution < -0.4 is 51.4 Å². The summed E-state index contributed by atoms with van der Waals surface area (Å²) in [7, 11) is 0. The van der Waals surface area contributed by atoms with Crippen molar-refractivity contribution in [1.82, 2.24) is 0 Å². The molecule has 2 aliphatic rings. The van der Waals surface area contributed by atoms with Gasteiger partial charge < -0.3 is 22.4 Å². The summed E-state index contributed by atoms with van der Waals surface area (Å²) < 4.78 is 46.2. The Kier molecular flexibility index (Phi) is 3.72. The molecule has 0 unspecified atom stereocenters. The number of hydrogen-bond acceptors (Lipinski definition) is 2. The third kappa shape index (κ3) is 2.39. The van der Waals surface area contributed by atoms with Crippen molar-refractivity contribution in [1.29, 1.82) is 0 Å². The van der Waals surface area contributed by atoms with Crippen molar-refractivity contribution in [2.75, 3.05) is 19.8 Å². The molecule has 0 radical (unpaired) electrons. The van der Waals surface area contributed by atoms with Crippen LogP contribution in [-0.4, -0.2) is 32.4 Å². The van der Waals surface area contributed by atoms with Crippen LogP contribution in [0, 0.1) is 0 Å². The summed E-state index contributed by atoms with van der Waals surface area (Å²) in [4.78, 5) is 0. The number of halogens is 3. The standard InChI is InChI=1S/C6H7BF3O2.K/c8-7(9,10)5-1-6(12-2-5)3-11-4-6;/h1H,2-4H2;/q-1;+1. The largest absolute Gasteiger partial charge is 1.00 e. The van der Waals surface area contributed by atoms with Crippen molar-refractivity contribution in [3.63, 3.8) is 0 Å². The molecule has 2 aliphatic heterocycles. The van der Waals surface area contributed by atoms with Gasteiger partial charge in [0.05, 0.1) is 13.2 Å². The first-order valence-electron chi connectivity index (χ1n) is 3.65. The SMILES string of the molecule is F[B-](F)(F)C1=CC2(COC2)OC1.[K+]. The molecular weight excluding hydrogens is 211 g/mol. The molecule has 0 amide bonds. The maximum absolute atomic E-state index is 12.1. The molecule has 0 aromatic rings. The summed E-state index contributed by atoms with van der Waals surface area (Å²) in [5.74, 6) is 0. The molecule has 0 N–H and O–H groups in total. The van der Waals surface area contributed by atoms with Gasteiger partial charge in [0.1, 0.15) is 5.60 Å². The van der Waals surface area contributed by atoms with Gasteiger partial charge in [-0.15, -0.1) is 5.47 Å². The number of rotatable bonds is 1. The maximum Gasteiger partial charge on any atom is 1.00 e. The van der Waals surface area contributed by atoms with Crippen LogP contribution in [-0.2, 0) is 9.47 Å². The van der Waals surface area contributed by atoms with Gasteiger partial charge in [-0.25, -0.2) is 0 Å². The maximum atomic E-state index is 12.1. The van der Waals surface area contributed by atoms with E-state index in [1.807, 2.05) is 0 Å². The normalized spacial score (nSPS) is 25.0. The van der Waals surface area contributed by atoms with E-state index in [1.165, 1.54) is 0 Å². The van der Waals surface area contributed by atoms with E-state index in [0.717, 1.165) is 6.08 Å². The Morgan fingerprint density at radius 3 is 2.15 bits per heavy atom. The van der Waals surface area contributed by atoms with E-state index < -0.39 is 18.1 Å². The molecule has 13 heavy (non-hydrogen) atoms. The fourth-order valence-electron chi connectivity index (χ4n) is 1.31. The van der Waals surface area contributed by atoms with Gasteiger partial charge in [0.25, 0.3) is 0 Å². The average molecular weight is 218 g/mol. The summed E-state index contributed by atoms with van der Waals surface area (Å²) >= 11 is 0. The second kappa shape index (κ2) is 3.96. The van der Waals surface area contributed by atoms with E-state index >= 15 is 0 Å². The zero-order valence-electron chi connectivity index (χ0n) is 7.23. The van der Waals surface area contributed by atoms with Crippen LogP contribution in [0.5, 0.6) is 0 Å². The molecule has 0 aromatic heterocycles. The molecule has 2 rings (SSSR count). The van der Waals surface area contributed by atoms with Gasteiger partial charge in [-0.05, 0) is 0 Å². The Labute approximate surface area is 116 Å². The third-order valence-corrected chi connectivity index (χ3v) is 2.09. The van der Waals surface area contributed by atoms with E-state index in [0.29, 0.717) is 0 Å². The summed E-state index contributed by atoms with van der Waals surface area (Å²) in [6, 6.07) is 0. The van der Waals surface area contributed by atoms with Crippen molar-refractivity contribution in [2.45, 2.75) is 5.60 Å². The van der Waals surface area contributed by atoms with Crippen LogP contribution in [0.3, 0.4) is 0 Å². The Balaban J connectivity index is 0.000000845. The predicted octanol–water partition coefficient (Wildman–Crippen LogP) is -1.90. The minimum atomic E-state index is -4.86. The van der Waals surface area contributed by atoms with Gasteiger partial charge >= 0.3 is 58.4 Å². The van der Waals surface area contributed by atoms with Crippen LogP contribution in [0.2, 0.25) is 0 Å². The molecule has 0 saturated carbocycles. The van der Waals surface area contributed by atoms with E-state index in [9.17, 15) is 12.9 Å². The molecule has 2 nitrogen and oxygen atoms in total. The summed E-state index contributed by atoms with van der Waals surface area (Å²) in [5, 5.41) is 0. The Hall–Kier alpha value is 1.15. The van der Waals surface area contributed by atoms with Crippen molar-refractivity contribution >= 4 is 6.98 Å².